The molecule has 0 fully saturated rings. The van der Waals surface area contributed by atoms with Crippen LogP contribution in [-0.4, -0.2) is 26.6 Å². The summed E-state index contributed by atoms with van der Waals surface area (Å²) >= 11 is 0. The number of aromatic nitrogens is 2. The van der Waals surface area contributed by atoms with E-state index >= 15 is 0 Å². The summed E-state index contributed by atoms with van der Waals surface area (Å²) in [5.74, 6) is -1.98. The highest BCUT2D eigenvalue weighted by atomic mass is 16.4. The minimum absolute atomic E-state index is 0.182. The Morgan fingerprint density at radius 1 is 1.50 bits per heavy atom. The van der Waals surface area contributed by atoms with Gasteiger partial charge in [-0.2, -0.15) is 5.10 Å². The van der Waals surface area contributed by atoms with Crippen LogP contribution in [0.3, 0.4) is 0 Å². The number of nitrogen functional groups attached to an aromatic ring is 1. The predicted octanol–water partition coefficient (Wildman–Crippen LogP) is -0.254. The van der Waals surface area contributed by atoms with Crippen molar-refractivity contribution in [3.8, 4) is 0 Å². The van der Waals surface area contributed by atoms with Gasteiger partial charge in [-0.1, -0.05) is 0 Å². The molecular formula is C9H11N3O4. The number of rotatable bonds is 3. The fourth-order valence-corrected chi connectivity index (χ4v) is 1.31. The van der Waals surface area contributed by atoms with E-state index in [1.165, 1.54) is 0 Å². The zero-order valence-electron chi connectivity index (χ0n) is 8.85. The summed E-state index contributed by atoms with van der Waals surface area (Å²) in [6.45, 7) is 2.93. The maximum atomic E-state index is 11.5. The van der Waals surface area contributed by atoms with Gasteiger partial charge in [-0.15, -0.1) is 0 Å². The van der Waals surface area contributed by atoms with Crippen molar-refractivity contribution in [3.05, 3.63) is 21.6 Å². The Labute approximate surface area is 90.5 Å². The highest BCUT2D eigenvalue weighted by Gasteiger charge is 2.22. The number of hydrogen-bond acceptors (Lipinski definition) is 5. The van der Waals surface area contributed by atoms with Crippen LogP contribution in [0, 0.1) is 0 Å². The molecule has 0 aliphatic rings. The Morgan fingerprint density at radius 2 is 2.06 bits per heavy atom. The molecule has 1 aromatic heterocycles. The number of nitrogens with two attached hydrogens (primary N) is 1. The Balaban J connectivity index is 3.72. The molecule has 7 heteroatoms. The maximum Gasteiger partial charge on any atom is 0.357 e. The third-order valence-electron chi connectivity index (χ3n) is 2.05. The van der Waals surface area contributed by atoms with Gasteiger partial charge in [0.15, 0.2) is 11.5 Å². The lowest BCUT2D eigenvalue weighted by Crippen LogP contribution is -2.30. The number of nitrogens with zero attached hydrogens (tertiary/aromatic N) is 2. The van der Waals surface area contributed by atoms with Crippen molar-refractivity contribution in [2.45, 2.75) is 20.4 Å². The number of carboxylic acid groups (broad SMARTS) is 1. The van der Waals surface area contributed by atoms with Crippen LogP contribution in [0.15, 0.2) is 4.79 Å². The number of carbonyl (C=O) groups excluding carboxylic acids is 1. The van der Waals surface area contributed by atoms with E-state index in [4.69, 9.17) is 10.8 Å². The third kappa shape index (κ3) is 1.79. The Hall–Kier alpha value is -2.18. The van der Waals surface area contributed by atoms with Crippen LogP contribution in [-0.2, 0) is 6.54 Å². The highest BCUT2D eigenvalue weighted by Crippen LogP contribution is 2.11. The molecule has 0 amide bonds. The molecule has 16 heavy (non-hydrogen) atoms. The molecule has 86 valence electrons. The predicted molar refractivity (Wildman–Crippen MR) is 55.5 cm³/mol. The summed E-state index contributed by atoms with van der Waals surface area (Å²) in [6.07, 6.45) is 0. The Bertz CT molecular complexity index is 518. The highest BCUT2D eigenvalue weighted by molar-refractivity contribution is 6.07. The van der Waals surface area contributed by atoms with Crippen molar-refractivity contribution in [1.82, 2.24) is 9.78 Å². The molecule has 0 spiro atoms. The fraction of sp³-hybridized carbons (Fsp3) is 0.333. The summed E-state index contributed by atoms with van der Waals surface area (Å²) in [6, 6.07) is 0. The standard InChI is InChI=1S/C9H11N3O4/c1-3-12-8(14)6(10)5(4(2)13)7(11-12)9(15)16/h3,10H2,1-2H3,(H,15,16). The van der Waals surface area contributed by atoms with E-state index in [-0.39, 0.29) is 17.8 Å². The van der Waals surface area contributed by atoms with Crippen LogP contribution in [0.4, 0.5) is 5.69 Å². The molecule has 1 aromatic rings. The van der Waals surface area contributed by atoms with Crippen LogP contribution in [0.5, 0.6) is 0 Å². The van der Waals surface area contributed by atoms with Crippen LogP contribution in [0.1, 0.15) is 34.7 Å². The molecule has 0 atom stereocenters. The smallest absolute Gasteiger partial charge is 0.357 e. The molecule has 3 N–H and O–H groups in total. The van der Waals surface area contributed by atoms with Crippen molar-refractivity contribution < 1.29 is 14.7 Å². The second-order valence-electron chi connectivity index (χ2n) is 3.12. The van der Waals surface area contributed by atoms with Crippen molar-refractivity contribution in [2.75, 3.05) is 5.73 Å². The second-order valence-corrected chi connectivity index (χ2v) is 3.12. The van der Waals surface area contributed by atoms with Crippen LogP contribution in [0.2, 0.25) is 0 Å². The van der Waals surface area contributed by atoms with Gasteiger partial charge >= 0.3 is 5.97 Å². The van der Waals surface area contributed by atoms with Gasteiger partial charge in [0.2, 0.25) is 0 Å². The average Bonchev–Trinajstić information content (AvgIpc) is 2.20. The molecule has 0 radical (unpaired) electrons. The van der Waals surface area contributed by atoms with Gasteiger partial charge in [0.25, 0.3) is 5.56 Å². The number of carboxylic acids is 1. The molecule has 0 aliphatic carbocycles. The number of aromatic carboxylic acids is 1. The van der Waals surface area contributed by atoms with Crippen LogP contribution in [0.25, 0.3) is 0 Å². The first kappa shape index (κ1) is 11.9. The van der Waals surface area contributed by atoms with Gasteiger partial charge in [-0.25, -0.2) is 9.48 Å². The zero-order valence-corrected chi connectivity index (χ0v) is 8.85. The normalized spacial score (nSPS) is 10.1. The van der Waals surface area contributed by atoms with E-state index in [1.807, 2.05) is 0 Å². The minimum atomic E-state index is -1.39. The van der Waals surface area contributed by atoms with E-state index in [1.54, 1.807) is 6.92 Å². The first-order chi connectivity index (χ1) is 7.40. The number of Topliss-reactive ketones (excluding diaryl/α,β-unsaturated/α-hetero) is 1. The van der Waals surface area contributed by atoms with Crippen molar-refractivity contribution in [1.29, 1.82) is 0 Å². The van der Waals surface area contributed by atoms with Gasteiger partial charge in [0.05, 0.1) is 5.56 Å². The van der Waals surface area contributed by atoms with E-state index < -0.39 is 23.0 Å². The van der Waals surface area contributed by atoms with Gasteiger partial charge in [0.1, 0.15) is 5.69 Å². The monoisotopic (exact) mass is 225 g/mol. The molecule has 0 bridgehead atoms. The average molecular weight is 225 g/mol. The first-order valence-corrected chi connectivity index (χ1v) is 4.55. The van der Waals surface area contributed by atoms with Gasteiger partial charge < -0.3 is 10.8 Å². The fourth-order valence-electron chi connectivity index (χ4n) is 1.31. The summed E-state index contributed by atoms with van der Waals surface area (Å²) in [5.41, 5.74) is 3.59. The third-order valence-corrected chi connectivity index (χ3v) is 2.05. The van der Waals surface area contributed by atoms with Crippen LogP contribution >= 0.6 is 0 Å². The summed E-state index contributed by atoms with van der Waals surface area (Å²) in [7, 11) is 0. The number of anilines is 1. The van der Waals surface area contributed by atoms with E-state index in [0.29, 0.717) is 0 Å². The summed E-state index contributed by atoms with van der Waals surface area (Å²) in [5, 5.41) is 12.4. The maximum absolute atomic E-state index is 11.5. The van der Waals surface area contributed by atoms with Gasteiger partial charge in [-0.3, -0.25) is 9.59 Å². The lowest BCUT2D eigenvalue weighted by molar-refractivity contribution is 0.0682. The quantitative estimate of drug-likeness (QED) is 0.685. The number of carbonyl (C=O) groups is 2. The molecule has 1 heterocycles. The van der Waals surface area contributed by atoms with Gasteiger partial charge in [0, 0.05) is 6.54 Å². The van der Waals surface area contributed by atoms with Crippen molar-refractivity contribution >= 4 is 17.4 Å². The van der Waals surface area contributed by atoms with E-state index in [9.17, 15) is 14.4 Å². The molecule has 0 aromatic carbocycles. The van der Waals surface area contributed by atoms with Crippen molar-refractivity contribution in [2.24, 2.45) is 0 Å². The molecule has 0 saturated heterocycles. The largest absolute Gasteiger partial charge is 0.476 e. The summed E-state index contributed by atoms with van der Waals surface area (Å²) in [4.78, 5) is 33.6. The number of ketones is 1. The lowest BCUT2D eigenvalue weighted by Gasteiger charge is -2.08. The second kappa shape index (κ2) is 4.13. The molecule has 0 aliphatic heterocycles. The lowest BCUT2D eigenvalue weighted by atomic mass is 10.1. The molecule has 0 saturated carbocycles. The van der Waals surface area contributed by atoms with Crippen molar-refractivity contribution in [3.63, 3.8) is 0 Å². The number of aryl methyl sites for hydroxylation is 1. The molecule has 0 unspecified atom stereocenters. The van der Waals surface area contributed by atoms with E-state index in [0.717, 1.165) is 11.6 Å². The number of hydrogen-bond donors (Lipinski definition) is 2. The SMILES string of the molecule is CCn1nc(C(=O)O)c(C(C)=O)c(N)c1=O. The van der Waals surface area contributed by atoms with E-state index in [2.05, 4.69) is 5.10 Å². The van der Waals surface area contributed by atoms with Crippen LogP contribution < -0.4 is 11.3 Å². The molecule has 7 nitrogen and oxygen atoms in total. The zero-order chi connectivity index (χ0) is 12.5. The molecule has 1 rings (SSSR count). The molecular weight excluding hydrogens is 214 g/mol. The summed E-state index contributed by atoms with van der Waals surface area (Å²) < 4.78 is 0.908. The first-order valence-electron chi connectivity index (χ1n) is 4.55. The minimum Gasteiger partial charge on any atom is -0.476 e. The topological polar surface area (TPSA) is 115 Å². The Morgan fingerprint density at radius 3 is 2.44 bits per heavy atom. The Kier molecular flexibility index (Phi) is 3.07. The van der Waals surface area contributed by atoms with Gasteiger partial charge in [-0.05, 0) is 13.8 Å².